The summed E-state index contributed by atoms with van der Waals surface area (Å²) in [6.45, 7) is 2.08. The predicted molar refractivity (Wildman–Crippen MR) is 112 cm³/mol. The van der Waals surface area contributed by atoms with E-state index in [2.05, 4.69) is 29.7 Å². The molecular formula is C25H21NO3. The molecule has 4 aromatic rings. The minimum Gasteiger partial charge on any atom is -0.435 e. The van der Waals surface area contributed by atoms with Gasteiger partial charge in [-0.05, 0) is 31.4 Å². The second-order valence-corrected chi connectivity index (χ2v) is 8.37. The number of hydrogen-bond acceptors (Lipinski definition) is 3. The Hall–Kier alpha value is -3.14. The van der Waals surface area contributed by atoms with Crippen LogP contribution in [0.2, 0.25) is 0 Å². The summed E-state index contributed by atoms with van der Waals surface area (Å²) in [7, 11) is 0. The number of aromatic nitrogens is 1. The van der Waals surface area contributed by atoms with Gasteiger partial charge in [-0.3, -0.25) is 9.59 Å². The van der Waals surface area contributed by atoms with Gasteiger partial charge in [-0.25, -0.2) is 0 Å². The van der Waals surface area contributed by atoms with Crippen molar-refractivity contribution in [2.24, 2.45) is 0 Å². The molecule has 0 aliphatic heterocycles. The van der Waals surface area contributed by atoms with E-state index in [1.807, 2.05) is 0 Å². The van der Waals surface area contributed by atoms with Crippen molar-refractivity contribution < 1.29 is 14.0 Å². The van der Waals surface area contributed by atoms with Crippen molar-refractivity contribution in [2.45, 2.75) is 45.1 Å². The number of carbonyl (C=O) groups excluding carboxylic acids is 2. The fraction of sp³-hybridized carbons (Fsp3) is 0.280. The molecule has 4 nitrogen and oxygen atoms in total. The molecule has 0 bridgehead atoms. The molecule has 0 N–H and O–H groups in total. The molecule has 144 valence electrons. The van der Waals surface area contributed by atoms with Crippen LogP contribution < -0.4 is 0 Å². The maximum absolute atomic E-state index is 13.4. The Morgan fingerprint density at radius 3 is 2.41 bits per heavy atom. The van der Waals surface area contributed by atoms with Crippen LogP contribution in [0.1, 0.15) is 75.7 Å². The first-order valence-corrected chi connectivity index (χ1v) is 10.4. The number of carbonyl (C=O) groups is 2. The molecule has 0 atom stereocenters. The lowest BCUT2D eigenvalue weighted by molar-refractivity contribution is 0.0961. The van der Waals surface area contributed by atoms with Crippen LogP contribution in [0.5, 0.6) is 0 Å². The largest absolute Gasteiger partial charge is 0.435 e. The van der Waals surface area contributed by atoms with Crippen LogP contribution >= 0.6 is 0 Å². The molecule has 2 aliphatic rings. The zero-order chi connectivity index (χ0) is 19.7. The Bertz CT molecular complexity index is 1330. The normalized spacial score (nSPS) is 17.1. The van der Waals surface area contributed by atoms with E-state index in [9.17, 15) is 9.59 Å². The van der Waals surface area contributed by atoms with Gasteiger partial charge in [-0.15, -0.1) is 0 Å². The van der Waals surface area contributed by atoms with Crippen molar-refractivity contribution in [3.05, 3.63) is 70.5 Å². The SMILES string of the molecule is Cc1ccc2c3c4c(oc3n(C3CCCCC3)c2c1)C(=O)c1ccccc1C4=O. The van der Waals surface area contributed by atoms with Crippen LogP contribution in [0.4, 0.5) is 0 Å². The monoisotopic (exact) mass is 383 g/mol. The third kappa shape index (κ3) is 2.20. The Morgan fingerprint density at radius 2 is 1.66 bits per heavy atom. The lowest BCUT2D eigenvalue weighted by Crippen LogP contribution is -2.19. The Morgan fingerprint density at radius 1 is 0.931 bits per heavy atom. The molecule has 0 spiro atoms. The minimum atomic E-state index is -0.193. The quantitative estimate of drug-likeness (QED) is 0.358. The van der Waals surface area contributed by atoms with Crippen LogP contribution in [0.25, 0.3) is 22.0 Å². The molecule has 0 radical (unpaired) electrons. The Balaban J connectivity index is 1.72. The lowest BCUT2D eigenvalue weighted by Gasteiger charge is -2.24. The van der Waals surface area contributed by atoms with Crippen molar-refractivity contribution in [3.63, 3.8) is 0 Å². The first-order valence-electron chi connectivity index (χ1n) is 10.4. The van der Waals surface area contributed by atoms with E-state index in [1.165, 1.54) is 24.8 Å². The summed E-state index contributed by atoms with van der Waals surface area (Å²) in [6.07, 6.45) is 5.85. The van der Waals surface area contributed by atoms with E-state index in [0.29, 0.717) is 28.4 Å². The highest BCUT2D eigenvalue weighted by molar-refractivity contribution is 6.33. The van der Waals surface area contributed by atoms with Gasteiger partial charge in [-0.2, -0.15) is 0 Å². The molecular weight excluding hydrogens is 362 g/mol. The average molecular weight is 383 g/mol. The molecule has 2 aromatic heterocycles. The zero-order valence-corrected chi connectivity index (χ0v) is 16.3. The van der Waals surface area contributed by atoms with Crippen LogP contribution in [0.15, 0.2) is 46.9 Å². The first-order chi connectivity index (χ1) is 14.1. The van der Waals surface area contributed by atoms with Gasteiger partial charge in [0.05, 0.1) is 16.5 Å². The molecule has 6 rings (SSSR count). The highest BCUT2D eigenvalue weighted by Gasteiger charge is 2.37. The van der Waals surface area contributed by atoms with Crippen LogP contribution in [-0.4, -0.2) is 16.1 Å². The Kier molecular flexibility index (Phi) is 3.43. The number of aryl methyl sites for hydroxylation is 1. The maximum atomic E-state index is 13.4. The van der Waals surface area contributed by atoms with Gasteiger partial charge in [0.15, 0.2) is 11.5 Å². The van der Waals surface area contributed by atoms with E-state index in [0.717, 1.165) is 29.1 Å². The third-order valence-electron chi connectivity index (χ3n) is 6.58. The summed E-state index contributed by atoms with van der Waals surface area (Å²) >= 11 is 0. The van der Waals surface area contributed by atoms with E-state index in [4.69, 9.17) is 4.42 Å². The fourth-order valence-corrected chi connectivity index (χ4v) is 5.21. The van der Waals surface area contributed by atoms with Crippen LogP contribution in [0, 0.1) is 6.92 Å². The van der Waals surface area contributed by atoms with E-state index in [-0.39, 0.29) is 17.3 Å². The van der Waals surface area contributed by atoms with Crippen molar-refractivity contribution in [1.82, 2.24) is 4.57 Å². The van der Waals surface area contributed by atoms with Crippen molar-refractivity contribution in [3.8, 4) is 0 Å². The second-order valence-electron chi connectivity index (χ2n) is 8.37. The van der Waals surface area contributed by atoms with Crippen LogP contribution in [-0.2, 0) is 0 Å². The molecule has 0 unspecified atom stereocenters. The van der Waals surface area contributed by atoms with Crippen molar-refractivity contribution in [1.29, 1.82) is 0 Å². The number of fused-ring (bicyclic) bond motifs is 6. The standard InChI is InChI=1S/C25H21NO3/c1-14-11-12-18-19(13-14)26(15-7-3-2-4-8-15)25-20(18)21-22(27)16-9-5-6-10-17(16)23(28)24(21)29-25/h5-6,9-13,15H,2-4,7-8H2,1H3. The summed E-state index contributed by atoms with van der Waals surface area (Å²) in [5.74, 6) is -0.107. The first kappa shape index (κ1) is 16.8. The molecule has 29 heavy (non-hydrogen) atoms. The number of benzene rings is 2. The smallest absolute Gasteiger partial charge is 0.229 e. The van der Waals surface area contributed by atoms with Crippen LogP contribution in [0.3, 0.4) is 0 Å². The zero-order valence-electron chi connectivity index (χ0n) is 16.3. The molecule has 2 aliphatic carbocycles. The van der Waals surface area contributed by atoms with Gasteiger partial charge in [-0.1, -0.05) is 55.7 Å². The van der Waals surface area contributed by atoms with Crippen molar-refractivity contribution in [2.75, 3.05) is 0 Å². The lowest BCUT2D eigenvalue weighted by atomic mass is 9.87. The molecule has 2 aromatic carbocycles. The van der Waals surface area contributed by atoms with Gasteiger partial charge in [0.1, 0.15) is 0 Å². The fourth-order valence-electron chi connectivity index (χ4n) is 5.21. The van der Waals surface area contributed by atoms with Gasteiger partial charge < -0.3 is 8.98 Å². The summed E-state index contributed by atoms with van der Waals surface area (Å²) in [6, 6.07) is 13.7. The van der Waals surface area contributed by atoms with E-state index >= 15 is 0 Å². The molecule has 4 heteroatoms. The Labute approximate surface area is 168 Å². The number of hydrogen-bond donors (Lipinski definition) is 0. The van der Waals surface area contributed by atoms with Gasteiger partial charge >= 0.3 is 0 Å². The summed E-state index contributed by atoms with van der Waals surface area (Å²) in [4.78, 5) is 26.5. The molecule has 0 saturated heterocycles. The van der Waals surface area contributed by atoms with Gasteiger partial charge in [0.2, 0.25) is 11.5 Å². The number of ketones is 2. The molecule has 1 saturated carbocycles. The average Bonchev–Trinajstić information content (AvgIpc) is 3.27. The van der Waals surface area contributed by atoms with Crippen molar-refractivity contribution >= 4 is 33.6 Å². The number of furan rings is 1. The maximum Gasteiger partial charge on any atom is 0.229 e. The summed E-state index contributed by atoms with van der Waals surface area (Å²) in [5.41, 5.74) is 4.30. The highest BCUT2D eigenvalue weighted by atomic mass is 16.4. The van der Waals surface area contributed by atoms with E-state index < -0.39 is 0 Å². The topological polar surface area (TPSA) is 52.2 Å². The second kappa shape index (κ2) is 5.93. The minimum absolute atomic E-state index is 0.114. The number of rotatable bonds is 1. The number of nitrogens with zero attached hydrogens (tertiary/aromatic N) is 1. The molecule has 1 fully saturated rings. The van der Waals surface area contributed by atoms with E-state index in [1.54, 1.807) is 24.3 Å². The highest BCUT2D eigenvalue weighted by Crippen LogP contribution is 2.43. The predicted octanol–water partition coefficient (Wildman–Crippen LogP) is 5.98. The third-order valence-corrected chi connectivity index (χ3v) is 6.58. The molecule has 0 amide bonds. The van der Waals surface area contributed by atoms with Gasteiger partial charge in [0, 0.05) is 22.6 Å². The summed E-state index contributed by atoms with van der Waals surface area (Å²) in [5, 5.41) is 1.80. The summed E-state index contributed by atoms with van der Waals surface area (Å²) < 4.78 is 8.50. The van der Waals surface area contributed by atoms with Gasteiger partial charge in [0.25, 0.3) is 0 Å². The molecule has 2 heterocycles.